The van der Waals surface area contributed by atoms with Crippen LogP contribution in [0.3, 0.4) is 0 Å². The van der Waals surface area contributed by atoms with Crippen molar-refractivity contribution < 1.29 is 13.2 Å². The molecule has 0 aliphatic carbocycles. The Balaban J connectivity index is 1.73. The summed E-state index contributed by atoms with van der Waals surface area (Å²) in [7, 11) is 0. The molecule has 146 valence electrons. The number of para-hydroxylation sites is 2. The summed E-state index contributed by atoms with van der Waals surface area (Å²) in [5, 5.41) is 2.16. The van der Waals surface area contributed by atoms with Crippen LogP contribution in [0.25, 0.3) is 44.3 Å². The molecule has 4 aromatic carbocycles. The Morgan fingerprint density at radius 2 is 1.07 bits per heavy atom. The van der Waals surface area contributed by atoms with Crippen molar-refractivity contribution in [2.45, 2.75) is 6.18 Å². The second-order valence-electron chi connectivity index (χ2n) is 7.05. The van der Waals surface area contributed by atoms with E-state index in [1.54, 1.807) is 0 Å². The van der Waals surface area contributed by atoms with Crippen LogP contribution in [0.4, 0.5) is 13.2 Å². The summed E-state index contributed by atoms with van der Waals surface area (Å²) < 4.78 is 39.0. The zero-order valence-electron chi connectivity index (χ0n) is 15.7. The Morgan fingerprint density at radius 1 is 0.533 bits per heavy atom. The fourth-order valence-corrected chi connectivity index (χ4v) is 3.56. The molecule has 1 aromatic heterocycles. The number of fused-ring (bicyclic) bond motifs is 2. The van der Waals surface area contributed by atoms with E-state index in [2.05, 4.69) is 0 Å². The van der Waals surface area contributed by atoms with Gasteiger partial charge in [-0.1, -0.05) is 60.7 Å². The molecule has 0 aliphatic rings. The fourth-order valence-electron chi connectivity index (χ4n) is 3.56. The molecule has 5 aromatic rings. The first-order valence-corrected chi connectivity index (χ1v) is 9.43. The van der Waals surface area contributed by atoms with Crippen molar-refractivity contribution in [3.63, 3.8) is 0 Å². The second kappa shape index (κ2) is 6.95. The van der Waals surface area contributed by atoms with Crippen LogP contribution in [0.15, 0.2) is 91.0 Å². The molecule has 0 bridgehead atoms. The standard InChI is InChI=1S/C25H15F3N2/c26-25(27,28)20-13-11-17(12-14-20)23-24(30-22-8-4-3-7-21(22)29-23)19-10-9-16-5-1-2-6-18(16)15-19/h1-15H. The van der Waals surface area contributed by atoms with E-state index < -0.39 is 11.7 Å². The van der Waals surface area contributed by atoms with Crippen LogP contribution in [-0.2, 0) is 6.18 Å². The molecule has 0 spiro atoms. The highest BCUT2D eigenvalue weighted by molar-refractivity contribution is 5.91. The van der Waals surface area contributed by atoms with E-state index in [0.29, 0.717) is 22.5 Å². The minimum atomic E-state index is -4.38. The topological polar surface area (TPSA) is 25.8 Å². The van der Waals surface area contributed by atoms with E-state index in [1.165, 1.54) is 12.1 Å². The van der Waals surface area contributed by atoms with Crippen molar-refractivity contribution in [3.8, 4) is 22.5 Å². The van der Waals surface area contributed by atoms with Gasteiger partial charge in [0.2, 0.25) is 0 Å². The third-order valence-electron chi connectivity index (χ3n) is 5.08. The predicted molar refractivity (Wildman–Crippen MR) is 113 cm³/mol. The van der Waals surface area contributed by atoms with Crippen molar-refractivity contribution in [2.75, 3.05) is 0 Å². The lowest BCUT2D eigenvalue weighted by Crippen LogP contribution is -2.04. The molecule has 0 saturated heterocycles. The zero-order valence-corrected chi connectivity index (χ0v) is 15.7. The lowest BCUT2D eigenvalue weighted by atomic mass is 10.00. The third-order valence-corrected chi connectivity index (χ3v) is 5.08. The fraction of sp³-hybridized carbons (Fsp3) is 0.0400. The molecular formula is C25H15F3N2. The number of hydrogen-bond acceptors (Lipinski definition) is 2. The molecule has 0 radical (unpaired) electrons. The highest BCUT2D eigenvalue weighted by atomic mass is 19.4. The Morgan fingerprint density at radius 3 is 1.70 bits per heavy atom. The van der Waals surface area contributed by atoms with E-state index in [9.17, 15) is 13.2 Å². The van der Waals surface area contributed by atoms with Crippen LogP contribution in [0.1, 0.15) is 5.56 Å². The van der Waals surface area contributed by atoms with Gasteiger partial charge in [0.1, 0.15) is 0 Å². The van der Waals surface area contributed by atoms with Gasteiger partial charge in [-0.25, -0.2) is 9.97 Å². The maximum atomic E-state index is 13.0. The third kappa shape index (κ3) is 3.28. The number of benzene rings is 4. The van der Waals surface area contributed by atoms with E-state index in [0.717, 1.165) is 34.0 Å². The van der Waals surface area contributed by atoms with Crippen LogP contribution in [0.5, 0.6) is 0 Å². The Kier molecular flexibility index (Phi) is 4.24. The van der Waals surface area contributed by atoms with Crippen LogP contribution in [0.2, 0.25) is 0 Å². The predicted octanol–water partition coefficient (Wildman–Crippen LogP) is 7.14. The van der Waals surface area contributed by atoms with Crippen molar-refractivity contribution in [1.29, 1.82) is 0 Å². The SMILES string of the molecule is FC(F)(F)c1ccc(-c2nc3ccccc3nc2-c2ccc3ccccc3c2)cc1. The highest BCUT2D eigenvalue weighted by Gasteiger charge is 2.30. The van der Waals surface area contributed by atoms with Crippen LogP contribution >= 0.6 is 0 Å². The van der Waals surface area contributed by atoms with E-state index in [1.807, 2.05) is 66.7 Å². The number of aromatic nitrogens is 2. The Bertz CT molecular complexity index is 1370. The molecule has 0 saturated carbocycles. The van der Waals surface area contributed by atoms with Gasteiger partial charge in [-0.15, -0.1) is 0 Å². The average Bonchev–Trinajstić information content (AvgIpc) is 2.77. The van der Waals surface area contributed by atoms with E-state index in [-0.39, 0.29) is 0 Å². The summed E-state index contributed by atoms with van der Waals surface area (Å²) in [6, 6.07) is 26.5. The number of hydrogen-bond donors (Lipinski definition) is 0. The van der Waals surface area contributed by atoms with Crippen molar-refractivity contribution >= 4 is 21.8 Å². The molecule has 5 rings (SSSR count). The van der Waals surface area contributed by atoms with Crippen LogP contribution < -0.4 is 0 Å². The van der Waals surface area contributed by atoms with Crippen molar-refractivity contribution in [1.82, 2.24) is 9.97 Å². The average molecular weight is 400 g/mol. The molecule has 1 heterocycles. The summed E-state index contributed by atoms with van der Waals surface area (Å²) in [4.78, 5) is 9.57. The van der Waals surface area contributed by atoms with Crippen LogP contribution in [0, 0.1) is 0 Å². The molecule has 0 N–H and O–H groups in total. The number of nitrogens with zero attached hydrogens (tertiary/aromatic N) is 2. The Labute approximate surface area is 170 Å². The van der Waals surface area contributed by atoms with Gasteiger partial charge in [-0.3, -0.25) is 0 Å². The summed E-state index contributed by atoms with van der Waals surface area (Å²) in [6.07, 6.45) is -4.38. The number of rotatable bonds is 2. The van der Waals surface area contributed by atoms with Crippen LogP contribution in [-0.4, -0.2) is 9.97 Å². The monoisotopic (exact) mass is 400 g/mol. The second-order valence-corrected chi connectivity index (χ2v) is 7.05. The molecule has 30 heavy (non-hydrogen) atoms. The van der Waals surface area contributed by atoms with Gasteiger partial charge >= 0.3 is 6.18 Å². The molecular weight excluding hydrogens is 385 g/mol. The highest BCUT2D eigenvalue weighted by Crippen LogP contribution is 2.35. The first kappa shape index (κ1) is 18.3. The summed E-state index contributed by atoms with van der Waals surface area (Å²) >= 11 is 0. The minimum absolute atomic E-state index is 0.553. The molecule has 0 amide bonds. The molecule has 0 atom stereocenters. The summed E-state index contributed by atoms with van der Waals surface area (Å²) in [6.45, 7) is 0. The molecule has 0 fully saturated rings. The van der Waals surface area contributed by atoms with Gasteiger partial charge in [-0.05, 0) is 41.1 Å². The normalized spacial score (nSPS) is 11.8. The van der Waals surface area contributed by atoms with Crippen molar-refractivity contribution in [3.05, 3.63) is 96.6 Å². The van der Waals surface area contributed by atoms with Gasteiger partial charge in [-0.2, -0.15) is 13.2 Å². The zero-order chi connectivity index (χ0) is 20.7. The molecule has 0 unspecified atom stereocenters. The van der Waals surface area contributed by atoms with E-state index >= 15 is 0 Å². The summed E-state index contributed by atoms with van der Waals surface area (Å²) in [5.74, 6) is 0. The lowest BCUT2D eigenvalue weighted by molar-refractivity contribution is -0.137. The Hall–Kier alpha value is -3.73. The first-order chi connectivity index (χ1) is 14.5. The lowest BCUT2D eigenvalue weighted by Gasteiger charge is -2.12. The van der Waals surface area contributed by atoms with E-state index in [4.69, 9.17) is 9.97 Å². The maximum Gasteiger partial charge on any atom is 0.416 e. The minimum Gasteiger partial charge on any atom is -0.244 e. The van der Waals surface area contributed by atoms with Gasteiger partial charge in [0.15, 0.2) is 0 Å². The molecule has 2 nitrogen and oxygen atoms in total. The molecule has 0 aliphatic heterocycles. The maximum absolute atomic E-state index is 13.0. The van der Waals surface area contributed by atoms with Gasteiger partial charge in [0, 0.05) is 11.1 Å². The smallest absolute Gasteiger partial charge is 0.244 e. The largest absolute Gasteiger partial charge is 0.416 e. The number of halogens is 3. The number of alkyl halides is 3. The quantitative estimate of drug-likeness (QED) is 0.315. The summed E-state index contributed by atoms with van der Waals surface area (Å²) in [5.41, 5.74) is 3.38. The van der Waals surface area contributed by atoms with Gasteiger partial charge < -0.3 is 0 Å². The first-order valence-electron chi connectivity index (χ1n) is 9.43. The van der Waals surface area contributed by atoms with Gasteiger partial charge in [0.25, 0.3) is 0 Å². The van der Waals surface area contributed by atoms with Crippen molar-refractivity contribution in [2.24, 2.45) is 0 Å². The van der Waals surface area contributed by atoms with Gasteiger partial charge in [0.05, 0.1) is 28.0 Å². The molecule has 5 heteroatoms.